The Hall–Kier alpha value is -0.560. The van der Waals surface area contributed by atoms with Gasteiger partial charge in [-0.2, -0.15) is 0 Å². The van der Waals surface area contributed by atoms with E-state index in [9.17, 15) is 9.59 Å². The minimum Gasteiger partial charge on any atom is -0.480 e. The van der Waals surface area contributed by atoms with E-state index < -0.39 is 24.0 Å². The van der Waals surface area contributed by atoms with Crippen molar-refractivity contribution >= 4 is 36.8 Å². The third-order valence-corrected chi connectivity index (χ3v) is 1.83. The van der Waals surface area contributed by atoms with Gasteiger partial charge in [-0.05, 0) is 12.8 Å². The van der Waals surface area contributed by atoms with Crippen LogP contribution in [0.5, 0.6) is 0 Å². The fourth-order valence-corrected chi connectivity index (χ4v) is 0.869. The van der Waals surface area contributed by atoms with E-state index in [0.717, 1.165) is 12.8 Å². The summed E-state index contributed by atoms with van der Waals surface area (Å²) in [4.78, 5) is 19.9. The van der Waals surface area contributed by atoms with E-state index in [1.54, 1.807) is 0 Å². The summed E-state index contributed by atoms with van der Waals surface area (Å²) in [5.74, 6) is -1.82. The van der Waals surface area contributed by atoms with Gasteiger partial charge in [0.1, 0.15) is 12.1 Å². The van der Waals surface area contributed by atoms with Crippen LogP contribution < -0.4 is 11.5 Å². The molecule has 0 saturated heterocycles. The quantitative estimate of drug-likeness (QED) is 0.585. The van der Waals surface area contributed by atoms with Crippen LogP contribution in [0.4, 0.5) is 0 Å². The average molecular weight is 307 g/mol. The second kappa shape index (κ2) is 16.4. The van der Waals surface area contributed by atoms with Crippen molar-refractivity contribution in [3.05, 3.63) is 0 Å². The molecule has 6 nitrogen and oxygen atoms in total. The summed E-state index contributed by atoms with van der Waals surface area (Å²) in [6.45, 7) is 3.81. The highest BCUT2D eigenvalue weighted by Crippen LogP contribution is 1.91. The fourth-order valence-electron chi connectivity index (χ4n) is 0.869. The lowest BCUT2D eigenvalue weighted by Crippen LogP contribution is -2.29. The number of nitrogens with two attached hydrogens (primary N) is 2. The van der Waals surface area contributed by atoms with Crippen molar-refractivity contribution in [3.8, 4) is 0 Å². The van der Waals surface area contributed by atoms with Crippen LogP contribution >= 0.6 is 24.8 Å². The van der Waals surface area contributed by atoms with Gasteiger partial charge < -0.3 is 21.7 Å². The number of carbonyl (C=O) groups is 2. The van der Waals surface area contributed by atoms with Crippen molar-refractivity contribution in [2.75, 3.05) is 0 Å². The summed E-state index contributed by atoms with van der Waals surface area (Å²) in [5.41, 5.74) is 10.3. The van der Waals surface area contributed by atoms with Gasteiger partial charge in [0.25, 0.3) is 0 Å². The molecule has 0 aliphatic heterocycles. The van der Waals surface area contributed by atoms with Crippen molar-refractivity contribution in [2.45, 2.75) is 51.6 Å². The predicted molar refractivity (Wildman–Crippen MR) is 75.5 cm³/mol. The highest BCUT2D eigenvalue weighted by atomic mass is 35.5. The Morgan fingerprint density at radius 2 is 1.11 bits per heavy atom. The van der Waals surface area contributed by atoms with Crippen LogP contribution in [0, 0.1) is 0 Å². The SMILES string of the molecule is CCCC(N)C(=O)O.CCCC(N)C(=O)O.Cl.Cl. The lowest BCUT2D eigenvalue weighted by Gasteiger charge is -2.00. The highest BCUT2D eigenvalue weighted by Gasteiger charge is 2.08. The molecule has 8 heteroatoms. The zero-order valence-corrected chi connectivity index (χ0v) is 12.3. The van der Waals surface area contributed by atoms with Gasteiger partial charge in [-0.3, -0.25) is 9.59 Å². The molecule has 2 atom stereocenters. The zero-order valence-electron chi connectivity index (χ0n) is 10.7. The second-order valence-corrected chi connectivity index (χ2v) is 3.47. The van der Waals surface area contributed by atoms with Crippen LogP contribution in [0.15, 0.2) is 0 Å². The Kier molecular flexibility index (Phi) is 23.8. The maximum absolute atomic E-state index is 9.96. The Morgan fingerprint density at radius 1 is 0.889 bits per heavy atom. The van der Waals surface area contributed by atoms with Crippen molar-refractivity contribution in [1.29, 1.82) is 0 Å². The maximum Gasteiger partial charge on any atom is 0.320 e. The molecular formula is C10H24Cl2N2O4. The molecule has 0 spiro atoms. The molecule has 0 aliphatic rings. The van der Waals surface area contributed by atoms with E-state index in [0.29, 0.717) is 12.8 Å². The Bertz CT molecular complexity index is 196. The molecule has 0 aromatic rings. The Labute approximate surface area is 120 Å². The standard InChI is InChI=1S/2C5H11NO2.2ClH/c2*1-2-3-4(6)5(7)8;;/h2*4H,2-3,6H2,1H3,(H,7,8);2*1H. The fraction of sp³-hybridized carbons (Fsp3) is 0.800. The molecule has 0 heterocycles. The minimum atomic E-state index is -0.910. The molecule has 2 unspecified atom stereocenters. The van der Waals surface area contributed by atoms with Crippen LogP contribution in [-0.4, -0.2) is 34.2 Å². The Balaban J connectivity index is -0.0000000980. The number of carboxylic acid groups (broad SMARTS) is 2. The molecule has 0 rings (SSSR count). The summed E-state index contributed by atoms with van der Waals surface area (Å²) in [6, 6.07) is -1.33. The average Bonchev–Trinajstić information content (AvgIpc) is 2.19. The van der Waals surface area contributed by atoms with E-state index in [4.69, 9.17) is 21.7 Å². The van der Waals surface area contributed by atoms with Crippen LogP contribution in [0.1, 0.15) is 39.5 Å². The predicted octanol–water partition coefficient (Wildman–Crippen LogP) is 1.24. The van der Waals surface area contributed by atoms with Crippen molar-refractivity contribution in [2.24, 2.45) is 11.5 Å². The number of hydrogen-bond donors (Lipinski definition) is 4. The lowest BCUT2D eigenvalue weighted by molar-refractivity contribution is -0.139. The normalized spacial score (nSPS) is 11.8. The molecule has 18 heavy (non-hydrogen) atoms. The molecular weight excluding hydrogens is 283 g/mol. The molecule has 0 aliphatic carbocycles. The van der Waals surface area contributed by atoms with Gasteiger partial charge in [0.05, 0.1) is 0 Å². The van der Waals surface area contributed by atoms with Crippen LogP contribution in [0.2, 0.25) is 0 Å². The number of aliphatic carboxylic acids is 2. The molecule has 0 bridgehead atoms. The first-order valence-corrected chi connectivity index (χ1v) is 5.33. The van der Waals surface area contributed by atoms with E-state index >= 15 is 0 Å². The van der Waals surface area contributed by atoms with E-state index in [-0.39, 0.29) is 24.8 Å². The molecule has 0 radical (unpaired) electrons. The third-order valence-electron chi connectivity index (χ3n) is 1.83. The summed E-state index contributed by atoms with van der Waals surface area (Å²) >= 11 is 0. The van der Waals surface area contributed by atoms with Gasteiger partial charge in [0.15, 0.2) is 0 Å². The van der Waals surface area contributed by atoms with Crippen LogP contribution in [0.3, 0.4) is 0 Å². The molecule has 6 N–H and O–H groups in total. The third kappa shape index (κ3) is 17.8. The molecule has 0 aromatic heterocycles. The monoisotopic (exact) mass is 306 g/mol. The van der Waals surface area contributed by atoms with Gasteiger partial charge >= 0.3 is 11.9 Å². The summed E-state index contributed by atoms with van der Waals surface area (Å²) in [7, 11) is 0. The van der Waals surface area contributed by atoms with Crippen LogP contribution in [-0.2, 0) is 9.59 Å². The van der Waals surface area contributed by atoms with Gasteiger partial charge in [-0.25, -0.2) is 0 Å². The highest BCUT2D eigenvalue weighted by molar-refractivity contribution is 5.85. The number of halogens is 2. The van der Waals surface area contributed by atoms with Gasteiger partial charge in [-0.15, -0.1) is 24.8 Å². The molecule has 0 saturated carbocycles. The minimum absolute atomic E-state index is 0. The molecule has 0 amide bonds. The molecule has 112 valence electrons. The van der Waals surface area contributed by atoms with Crippen LogP contribution in [0.25, 0.3) is 0 Å². The summed E-state index contributed by atoms with van der Waals surface area (Å²) < 4.78 is 0. The topological polar surface area (TPSA) is 127 Å². The van der Waals surface area contributed by atoms with Gasteiger partial charge in [-0.1, -0.05) is 26.7 Å². The van der Waals surface area contributed by atoms with E-state index in [1.807, 2.05) is 13.8 Å². The molecule has 0 fully saturated rings. The van der Waals surface area contributed by atoms with Crippen molar-refractivity contribution in [3.63, 3.8) is 0 Å². The smallest absolute Gasteiger partial charge is 0.320 e. The van der Waals surface area contributed by atoms with Gasteiger partial charge in [0.2, 0.25) is 0 Å². The number of rotatable bonds is 6. The zero-order chi connectivity index (χ0) is 13.1. The Morgan fingerprint density at radius 3 is 1.17 bits per heavy atom. The lowest BCUT2D eigenvalue weighted by atomic mass is 10.2. The first-order chi connectivity index (χ1) is 7.36. The first-order valence-electron chi connectivity index (χ1n) is 5.33. The summed E-state index contributed by atoms with van der Waals surface area (Å²) in [5, 5.41) is 16.4. The number of hydrogen-bond acceptors (Lipinski definition) is 4. The second-order valence-electron chi connectivity index (χ2n) is 3.47. The van der Waals surface area contributed by atoms with Gasteiger partial charge in [0, 0.05) is 0 Å². The first kappa shape index (κ1) is 26.1. The van der Waals surface area contributed by atoms with E-state index in [1.165, 1.54) is 0 Å². The number of carboxylic acids is 2. The largest absolute Gasteiger partial charge is 0.480 e. The molecule has 0 aromatic carbocycles. The summed E-state index contributed by atoms with van der Waals surface area (Å²) in [6.07, 6.45) is 2.78. The van der Waals surface area contributed by atoms with Crippen molar-refractivity contribution < 1.29 is 19.8 Å². The maximum atomic E-state index is 9.96. The van der Waals surface area contributed by atoms with Crippen molar-refractivity contribution in [1.82, 2.24) is 0 Å². The van der Waals surface area contributed by atoms with E-state index in [2.05, 4.69) is 0 Å².